The van der Waals surface area contributed by atoms with E-state index in [-0.39, 0.29) is 5.75 Å². The van der Waals surface area contributed by atoms with Crippen LogP contribution in [0.1, 0.15) is 32.6 Å². The Kier molecular flexibility index (Phi) is 3.87. The number of nitrogens with zero attached hydrogens (tertiary/aromatic N) is 1. The number of rotatable bonds is 6. The Morgan fingerprint density at radius 1 is 1.31 bits per heavy atom. The molecule has 16 heavy (non-hydrogen) atoms. The molecule has 2 rings (SSSR count). The summed E-state index contributed by atoms with van der Waals surface area (Å²) in [4.78, 5) is 0. The zero-order valence-corrected chi connectivity index (χ0v) is 10.8. The summed E-state index contributed by atoms with van der Waals surface area (Å²) in [5, 5.41) is 3.26. The zero-order chi connectivity index (χ0) is 11.6. The van der Waals surface area contributed by atoms with Gasteiger partial charge in [-0.25, -0.2) is 12.7 Å². The Bertz CT molecular complexity index is 325. The molecule has 1 N–H and O–H groups in total. The van der Waals surface area contributed by atoms with Crippen LogP contribution < -0.4 is 5.32 Å². The maximum Gasteiger partial charge on any atom is 0.215 e. The van der Waals surface area contributed by atoms with Crippen molar-refractivity contribution >= 4 is 10.0 Å². The van der Waals surface area contributed by atoms with Gasteiger partial charge < -0.3 is 5.32 Å². The maximum absolute atomic E-state index is 12.0. The Morgan fingerprint density at radius 2 is 2.06 bits per heavy atom. The molecule has 1 saturated heterocycles. The van der Waals surface area contributed by atoms with Crippen LogP contribution in [0.5, 0.6) is 0 Å². The van der Waals surface area contributed by atoms with E-state index in [1.165, 1.54) is 12.8 Å². The van der Waals surface area contributed by atoms with Crippen molar-refractivity contribution in [3.63, 3.8) is 0 Å². The molecular formula is C11H22N2O2S. The van der Waals surface area contributed by atoms with Gasteiger partial charge in [-0.15, -0.1) is 0 Å². The van der Waals surface area contributed by atoms with Crippen LogP contribution in [0.25, 0.3) is 0 Å². The molecule has 94 valence electrons. The predicted molar refractivity (Wildman–Crippen MR) is 64.8 cm³/mol. The van der Waals surface area contributed by atoms with E-state index in [9.17, 15) is 8.42 Å². The molecule has 1 aliphatic carbocycles. The molecule has 0 aromatic carbocycles. The molecule has 1 heterocycles. The Hall–Kier alpha value is -0.130. The third-order valence-electron chi connectivity index (χ3n) is 3.59. The van der Waals surface area contributed by atoms with Crippen molar-refractivity contribution in [1.82, 2.24) is 9.62 Å². The molecule has 1 aliphatic heterocycles. The Labute approximate surface area is 98.4 Å². The largest absolute Gasteiger partial charge is 0.313 e. The standard InChI is InChI=1S/C11H22N2O2S/c1-2-10-5-7-13(9-10)16(14,15)8-6-12-11-3-4-11/h10-12H,2-9H2,1H3. The number of hydrogen-bond donors (Lipinski definition) is 1. The quantitative estimate of drug-likeness (QED) is 0.754. The lowest BCUT2D eigenvalue weighted by molar-refractivity contribution is 0.451. The van der Waals surface area contributed by atoms with E-state index in [0.29, 0.717) is 18.5 Å². The van der Waals surface area contributed by atoms with Gasteiger partial charge in [0.2, 0.25) is 10.0 Å². The molecule has 0 radical (unpaired) electrons. The van der Waals surface area contributed by atoms with E-state index < -0.39 is 10.0 Å². The van der Waals surface area contributed by atoms with E-state index >= 15 is 0 Å². The molecule has 0 amide bonds. The third-order valence-corrected chi connectivity index (χ3v) is 5.43. The van der Waals surface area contributed by atoms with Crippen LogP contribution in [-0.4, -0.2) is 44.2 Å². The van der Waals surface area contributed by atoms with Crippen molar-refractivity contribution in [2.45, 2.75) is 38.6 Å². The van der Waals surface area contributed by atoms with Crippen LogP contribution in [0.2, 0.25) is 0 Å². The van der Waals surface area contributed by atoms with Crippen molar-refractivity contribution in [2.75, 3.05) is 25.4 Å². The third kappa shape index (κ3) is 3.18. The normalized spacial score (nSPS) is 27.4. The first-order valence-electron chi connectivity index (χ1n) is 6.33. The van der Waals surface area contributed by atoms with Crippen molar-refractivity contribution in [1.29, 1.82) is 0 Å². The second-order valence-corrected chi connectivity index (χ2v) is 7.05. The van der Waals surface area contributed by atoms with Gasteiger partial charge in [-0.3, -0.25) is 0 Å². The first-order chi connectivity index (χ1) is 7.62. The molecule has 2 aliphatic rings. The van der Waals surface area contributed by atoms with E-state index in [1.807, 2.05) is 0 Å². The van der Waals surface area contributed by atoms with Gasteiger partial charge in [0.25, 0.3) is 0 Å². The van der Waals surface area contributed by atoms with Gasteiger partial charge in [-0.2, -0.15) is 0 Å². The molecule has 0 spiro atoms. The summed E-state index contributed by atoms with van der Waals surface area (Å²) in [6.07, 6.45) is 4.54. The highest BCUT2D eigenvalue weighted by Crippen LogP contribution is 2.22. The van der Waals surface area contributed by atoms with Crippen LogP contribution in [0.4, 0.5) is 0 Å². The fourth-order valence-corrected chi connectivity index (χ4v) is 3.65. The monoisotopic (exact) mass is 246 g/mol. The molecule has 5 heteroatoms. The van der Waals surface area contributed by atoms with E-state index in [1.54, 1.807) is 4.31 Å². The van der Waals surface area contributed by atoms with Gasteiger partial charge in [0.15, 0.2) is 0 Å². The van der Waals surface area contributed by atoms with E-state index in [0.717, 1.165) is 25.9 Å². The Balaban J connectivity index is 1.77. The molecule has 0 bridgehead atoms. The van der Waals surface area contributed by atoms with Crippen molar-refractivity contribution in [3.05, 3.63) is 0 Å². The number of nitrogens with one attached hydrogen (secondary N) is 1. The molecule has 1 unspecified atom stereocenters. The topological polar surface area (TPSA) is 49.4 Å². The maximum atomic E-state index is 12.0. The smallest absolute Gasteiger partial charge is 0.215 e. The first kappa shape index (κ1) is 12.3. The zero-order valence-electron chi connectivity index (χ0n) is 9.98. The second kappa shape index (κ2) is 5.02. The molecule has 1 saturated carbocycles. The van der Waals surface area contributed by atoms with Crippen molar-refractivity contribution < 1.29 is 8.42 Å². The molecular weight excluding hydrogens is 224 g/mol. The lowest BCUT2D eigenvalue weighted by atomic mass is 10.1. The van der Waals surface area contributed by atoms with Gasteiger partial charge >= 0.3 is 0 Å². The van der Waals surface area contributed by atoms with Gasteiger partial charge in [0.1, 0.15) is 0 Å². The summed E-state index contributed by atoms with van der Waals surface area (Å²) < 4.78 is 25.6. The highest BCUT2D eigenvalue weighted by atomic mass is 32.2. The summed E-state index contributed by atoms with van der Waals surface area (Å²) in [5.74, 6) is 0.839. The van der Waals surface area contributed by atoms with Crippen LogP contribution in [0, 0.1) is 5.92 Å². The van der Waals surface area contributed by atoms with Crippen LogP contribution >= 0.6 is 0 Å². The lowest BCUT2D eigenvalue weighted by Gasteiger charge is -2.16. The number of hydrogen-bond acceptors (Lipinski definition) is 3. The minimum Gasteiger partial charge on any atom is -0.313 e. The van der Waals surface area contributed by atoms with Gasteiger partial charge in [-0.05, 0) is 25.2 Å². The molecule has 0 aromatic heterocycles. The van der Waals surface area contributed by atoms with Crippen LogP contribution in [0.15, 0.2) is 0 Å². The van der Waals surface area contributed by atoms with Gasteiger partial charge in [0, 0.05) is 25.7 Å². The molecule has 2 fully saturated rings. The summed E-state index contributed by atoms with van der Waals surface area (Å²) in [5.41, 5.74) is 0. The van der Waals surface area contributed by atoms with Gasteiger partial charge in [0.05, 0.1) is 5.75 Å². The van der Waals surface area contributed by atoms with Gasteiger partial charge in [-0.1, -0.05) is 13.3 Å². The Morgan fingerprint density at radius 3 is 2.62 bits per heavy atom. The highest BCUT2D eigenvalue weighted by molar-refractivity contribution is 7.89. The number of sulfonamides is 1. The second-order valence-electron chi connectivity index (χ2n) is 4.97. The minimum absolute atomic E-state index is 0.264. The molecule has 4 nitrogen and oxygen atoms in total. The predicted octanol–water partition coefficient (Wildman–Crippen LogP) is 0.800. The molecule has 0 aromatic rings. The fourth-order valence-electron chi connectivity index (χ4n) is 2.19. The highest BCUT2D eigenvalue weighted by Gasteiger charge is 2.30. The summed E-state index contributed by atoms with van der Waals surface area (Å²) >= 11 is 0. The molecule has 1 atom stereocenters. The summed E-state index contributed by atoms with van der Waals surface area (Å²) in [6.45, 7) is 4.21. The van der Waals surface area contributed by atoms with E-state index in [4.69, 9.17) is 0 Å². The summed E-state index contributed by atoms with van der Waals surface area (Å²) in [6, 6.07) is 0.595. The van der Waals surface area contributed by atoms with Crippen molar-refractivity contribution in [2.24, 2.45) is 5.92 Å². The van der Waals surface area contributed by atoms with Crippen LogP contribution in [-0.2, 0) is 10.0 Å². The lowest BCUT2D eigenvalue weighted by Crippen LogP contribution is -2.35. The average molecular weight is 246 g/mol. The summed E-state index contributed by atoms with van der Waals surface area (Å²) in [7, 11) is -3.00. The fraction of sp³-hybridized carbons (Fsp3) is 1.00. The van der Waals surface area contributed by atoms with E-state index in [2.05, 4.69) is 12.2 Å². The first-order valence-corrected chi connectivity index (χ1v) is 7.94. The van der Waals surface area contributed by atoms with Crippen LogP contribution in [0.3, 0.4) is 0 Å². The average Bonchev–Trinajstić information content (AvgIpc) is 2.93. The van der Waals surface area contributed by atoms with Crippen molar-refractivity contribution in [3.8, 4) is 0 Å². The minimum atomic E-state index is -3.00. The SMILES string of the molecule is CCC1CCN(S(=O)(=O)CCNC2CC2)C1.